The molecule has 2 nitrogen and oxygen atoms in total. The van der Waals surface area contributed by atoms with E-state index in [-0.39, 0.29) is 5.78 Å². The van der Waals surface area contributed by atoms with E-state index in [4.69, 9.17) is 4.74 Å². The summed E-state index contributed by atoms with van der Waals surface area (Å²) in [4.78, 5) is 11.2. The van der Waals surface area contributed by atoms with Crippen LogP contribution in [0.2, 0.25) is 0 Å². The van der Waals surface area contributed by atoms with Crippen LogP contribution in [-0.4, -0.2) is 18.2 Å². The molecule has 76 valence electrons. The van der Waals surface area contributed by atoms with Crippen molar-refractivity contribution < 1.29 is 9.53 Å². The standard InChI is InChI=1S/C10H10Br2O2/c1-14-10-4-7(2-8(12)5-10)3-9(13)6-11/h2,4-5H,3,6H2,1H3. The Balaban J connectivity index is 2.86. The minimum Gasteiger partial charge on any atom is -0.497 e. The highest BCUT2D eigenvalue weighted by molar-refractivity contribution is 9.10. The highest BCUT2D eigenvalue weighted by Crippen LogP contribution is 2.21. The molecule has 0 amide bonds. The number of hydrogen-bond donors (Lipinski definition) is 0. The molecule has 0 fully saturated rings. The van der Waals surface area contributed by atoms with Crippen LogP contribution in [-0.2, 0) is 11.2 Å². The fraction of sp³-hybridized carbons (Fsp3) is 0.300. The lowest BCUT2D eigenvalue weighted by atomic mass is 10.1. The van der Waals surface area contributed by atoms with E-state index in [1.165, 1.54) is 0 Å². The van der Waals surface area contributed by atoms with Crippen molar-refractivity contribution in [3.8, 4) is 5.75 Å². The molecule has 1 aromatic carbocycles. The summed E-state index contributed by atoms with van der Waals surface area (Å²) in [6.07, 6.45) is 0.432. The number of rotatable bonds is 4. The van der Waals surface area contributed by atoms with E-state index in [0.29, 0.717) is 11.8 Å². The van der Waals surface area contributed by atoms with Gasteiger partial charge in [0.15, 0.2) is 0 Å². The Morgan fingerprint density at radius 2 is 2.14 bits per heavy atom. The van der Waals surface area contributed by atoms with Gasteiger partial charge in [0.25, 0.3) is 0 Å². The van der Waals surface area contributed by atoms with Crippen LogP contribution < -0.4 is 4.74 Å². The van der Waals surface area contributed by atoms with Crippen LogP contribution in [0.3, 0.4) is 0 Å². The summed E-state index contributed by atoms with van der Waals surface area (Å²) >= 11 is 6.50. The van der Waals surface area contributed by atoms with Gasteiger partial charge < -0.3 is 4.74 Å². The lowest BCUT2D eigenvalue weighted by Crippen LogP contribution is -2.03. The molecule has 0 radical (unpaired) electrons. The number of benzene rings is 1. The molecule has 14 heavy (non-hydrogen) atoms. The van der Waals surface area contributed by atoms with Crippen molar-refractivity contribution in [3.63, 3.8) is 0 Å². The summed E-state index contributed by atoms with van der Waals surface area (Å²) < 4.78 is 6.02. The molecule has 0 unspecified atom stereocenters. The van der Waals surface area contributed by atoms with E-state index in [1.807, 2.05) is 18.2 Å². The van der Waals surface area contributed by atoms with Crippen molar-refractivity contribution in [1.82, 2.24) is 0 Å². The third-order valence-corrected chi connectivity index (χ3v) is 2.80. The van der Waals surface area contributed by atoms with E-state index in [9.17, 15) is 4.79 Å². The number of Topliss-reactive ketones (excluding diaryl/α,β-unsaturated/α-hetero) is 1. The van der Waals surface area contributed by atoms with Crippen LogP contribution in [0.25, 0.3) is 0 Å². The molecule has 0 spiro atoms. The van der Waals surface area contributed by atoms with E-state index in [2.05, 4.69) is 31.9 Å². The molecule has 0 aromatic heterocycles. The Morgan fingerprint density at radius 3 is 2.71 bits per heavy atom. The van der Waals surface area contributed by atoms with E-state index >= 15 is 0 Å². The first-order chi connectivity index (χ1) is 6.65. The van der Waals surface area contributed by atoms with Crippen molar-refractivity contribution >= 4 is 37.6 Å². The molecule has 0 aliphatic carbocycles. The second-order valence-corrected chi connectivity index (χ2v) is 4.32. The molecule has 1 rings (SSSR count). The maximum atomic E-state index is 11.2. The fourth-order valence-electron chi connectivity index (χ4n) is 1.12. The molecule has 0 N–H and O–H groups in total. The third kappa shape index (κ3) is 3.42. The lowest BCUT2D eigenvalue weighted by Gasteiger charge is -2.04. The molecular weight excluding hydrogens is 312 g/mol. The highest BCUT2D eigenvalue weighted by Gasteiger charge is 2.04. The van der Waals surface area contributed by atoms with Gasteiger partial charge in [-0.15, -0.1) is 0 Å². The van der Waals surface area contributed by atoms with Crippen molar-refractivity contribution in [2.45, 2.75) is 6.42 Å². The molecule has 0 saturated carbocycles. The number of hydrogen-bond acceptors (Lipinski definition) is 2. The number of halogens is 2. The number of ether oxygens (including phenoxy) is 1. The van der Waals surface area contributed by atoms with E-state index in [0.717, 1.165) is 15.8 Å². The van der Waals surface area contributed by atoms with Crippen LogP contribution in [0.5, 0.6) is 5.75 Å². The van der Waals surface area contributed by atoms with Gasteiger partial charge in [0.05, 0.1) is 12.4 Å². The maximum absolute atomic E-state index is 11.2. The summed E-state index contributed by atoms with van der Waals surface area (Å²) in [7, 11) is 1.61. The predicted octanol–water partition coefficient (Wildman–Crippen LogP) is 2.96. The topological polar surface area (TPSA) is 26.3 Å². The Morgan fingerprint density at radius 1 is 1.43 bits per heavy atom. The normalized spacial score (nSPS) is 9.93. The third-order valence-electron chi connectivity index (χ3n) is 1.72. The molecule has 1 aromatic rings. The fourth-order valence-corrected chi connectivity index (χ4v) is 1.83. The van der Waals surface area contributed by atoms with Gasteiger partial charge in [0.1, 0.15) is 11.5 Å². The zero-order valence-electron chi connectivity index (χ0n) is 7.72. The molecule has 4 heteroatoms. The van der Waals surface area contributed by atoms with E-state index < -0.39 is 0 Å². The van der Waals surface area contributed by atoms with Gasteiger partial charge in [-0.05, 0) is 23.8 Å². The summed E-state index contributed by atoms with van der Waals surface area (Å²) in [5.74, 6) is 0.918. The first kappa shape index (κ1) is 11.7. The van der Waals surface area contributed by atoms with Crippen LogP contribution >= 0.6 is 31.9 Å². The number of ketones is 1. The summed E-state index contributed by atoms with van der Waals surface area (Å²) in [6, 6.07) is 5.65. The summed E-state index contributed by atoms with van der Waals surface area (Å²) in [5, 5.41) is 0.391. The molecular formula is C10H10Br2O2. The van der Waals surface area contributed by atoms with Crippen molar-refractivity contribution in [2.75, 3.05) is 12.4 Å². The van der Waals surface area contributed by atoms with Crippen LogP contribution in [0, 0.1) is 0 Å². The molecule has 0 bridgehead atoms. The first-order valence-electron chi connectivity index (χ1n) is 4.07. The van der Waals surface area contributed by atoms with Gasteiger partial charge in [-0.3, -0.25) is 4.79 Å². The lowest BCUT2D eigenvalue weighted by molar-refractivity contribution is -0.115. The molecule has 0 aliphatic rings. The average molecular weight is 322 g/mol. The summed E-state index contributed by atoms with van der Waals surface area (Å²) in [5.41, 5.74) is 0.959. The quantitative estimate of drug-likeness (QED) is 0.797. The van der Waals surface area contributed by atoms with E-state index in [1.54, 1.807) is 7.11 Å². The van der Waals surface area contributed by atoms with Gasteiger partial charge in [0, 0.05) is 10.9 Å². The van der Waals surface area contributed by atoms with Crippen molar-refractivity contribution in [2.24, 2.45) is 0 Å². The Bertz CT molecular complexity index is 337. The Hall–Kier alpha value is -0.350. The maximum Gasteiger partial charge on any atom is 0.147 e. The monoisotopic (exact) mass is 320 g/mol. The SMILES string of the molecule is COc1cc(Br)cc(CC(=O)CBr)c1. The average Bonchev–Trinajstić information content (AvgIpc) is 2.16. The smallest absolute Gasteiger partial charge is 0.147 e. The Kier molecular flexibility index (Phi) is 4.62. The minimum atomic E-state index is 0.158. The predicted molar refractivity (Wildman–Crippen MR) is 63.2 cm³/mol. The molecule has 0 saturated heterocycles. The van der Waals surface area contributed by atoms with Gasteiger partial charge in [-0.1, -0.05) is 31.9 Å². The summed E-state index contributed by atoms with van der Waals surface area (Å²) in [6.45, 7) is 0. The molecule has 0 atom stereocenters. The molecule has 0 aliphatic heterocycles. The second-order valence-electron chi connectivity index (χ2n) is 2.85. The van der Waals surface area contributed by atoms with Gasteiger partial charge in [-0.25, -0.2) is 0 Å². The van der Waals surface area contributed by atoms with Gasteiger partial charge in [-0.2, -0.15) is 0 Å². The second kappa shape index (κ2) is 5.51. The van der Waals surface area contributed by atoms with Crippen LogP contribution in [0.1, 0.15) is 5.56 Å². The van der Waals surface area contributed by atoms with Crippen molar-refractivity contribution in [3.05, 3.63) is 28.2 Å². The number of carbonyl (C=O) groups excluding carboxylic acids is 1. The number of methoxy groups -OCH3 is 1. The Labute approximate surface area is 99.9 Å². The number of carbonyl (C=O) groups is 1. The minimum absolute atomic E-state index is 0.158. The van der Waals surface area contributed by atoms with Gasteiger partial charge >= 0.3 is 0 Å². The van der Waals surface area contributed by atoms with Gasteiger partial charge in [0.2, 0.25) is 0 Å². The highest BCUT2D eigenvalue weighted by atomic mass is 79.9. The largest absolute Gasteiger partial charge is 0.497 e. The van der Waals surface area contributed by atoms with Crippen molar-refractivity contribution in [1.29, 1.82) is 0 Å². The zero-order valence-corrected chi connectivity index (χ0v) is 10.9. The molecule has 0 heterocycles. The first-order valence-corrected chi connectivity index (χ1v) is 5.98. The van der Waals surface area contributed by atoms with Crippen LogP contribution in [0.15, 0.2) is 22.7 Å². The number of alkyl halides is 1. The van der Waals surface area contributed by atoms with Crippen LogP contribution in [0.4, 0.5) is 0 Å². The zero-order chi connectivity index (χ0) is 10.6.